The Labute approximate surface area is 195 Å². The van der Waals surface area contributed by atoms with Crippen molar-refractivity contribution in [3.05, 3.63) is 63.7 Å². The van der Waals surface area contributed by atoms with E-state index in [0.717, 1.165) is 9.15 Å². The number of hydrogen-bond donors (Lipinski definition) is 2. The Bertz CT molecular complexity index is 1080. The molecule has 1 aliphatic heterocycles. The second-order valence-corrected chi connectivity index (χ2v) is 8.70. The second-order valence-electron chi connectivity index (χ2n) is 7.41. The summed E-state index contributed by atoms with van der Waals surface area (Å²) < 4.78 is 45.0. The van der Waals surface area contributed by atoms with E-state index in [1.54, 1.807) is 43.0 Å². The number of hydrogen-bond acceptors (Lipinski definition) is 4. The molecule has 1 amide bonds. The van der Waals surface area contributed by atoms with Crippen LogP contribution in [-0.4, -0.2) is 38.0 Å². The summed E-state index contributed by atoms with van der Waals surface area (Å²) >= 11 is 9.65. The summed E-state index contributed by atoms with van der Waals surface area (Å²) in [5.41, 5.74) is 0.443. The normalized spacial score (nSPS) is 18.2. The fraction of sp³-hybridized carbons (Fsp3) is 0.350. The lowest BCUT2D eigenvalue weighted by molar-refractivity contribution is -0.173. The van der Waals surface area contributed by atoms with Gasteiger partial charge in [-0.1, -0.05) is 39.7 Å². The summed E-state index contributed by atoms with van der Waals surface area (Å²) in [6, 6.07) is 4.45. The molecular weight excluding hydrogens is 513 g/mol. The van der Waals surface area contributed by atoms with E-state index >= 15 is 0 Å². The quantitative estimate of drug-likeness (QED) is 0.440. The zero-order chi connectivity index (χ0) is 22.9. The van der Waals surface area contributed by atoms with E-state index in [1.165, 1.54) is 0 Å². The van der Waals surface area contributed by atoms with Crippen LogP contribution in [0, 0.1) is 0 Å². The van der Waals surface area contributed by atoms with E-state index in [1.807, 2.05) is 4.57 Å². The molecule has 170 valence electrons. The first kappa shape index (κ1) is 22.7. The van der Waals surface area contributed by atoms with Gasteiger partial charge in [0.05, 0.1) is 12.4 Å². The molecule has 32 heavy (non-hydrogen) atoms. The van der Waals surface area contributed by atoms with Gasteiger partial charge in [-0.3, -0.25) is 4.79 Å². The number of imidazole rings is 1. The number of carbonyl (C=O) groups is 1. The molecule has 2 N–H and O–H groups in total. The summed E-state index contributed by atoms with van der Waals surface area (Å²) in [4.78, 5) is 16.5. The minimum absolute atomic E-state index is 0.0169. The molecule has 0 radical (unpaired) electrons. The van der Waals surface area contributed by atoms with E-state index in [4.69, 9.17) is 11.6 Å². The number of halogens is 5. The standard InChI is InChI=1S/C20H19BrClF3N6O/c21-13-4-2-12(3-5-13)14-10-15(20(23,24)25)31-18(28-14)16(22)17(29-31)19(32)27-6-1-8-30-9-7-26-11-30/h2-5,7,9,11,14-15,28H,1,6,8,10H2,(H,27,32)/t14-,15+/m1/s1. The van der Waals surface area contributed by atoms with Gasteiger partial charge in [-0.25, -0.2) is 9.67 Å². The fourth-order valence-corrected chi connectivity index (χ4v) is 4.14. The maximum atomic E-state index is 13.9. The number of anilines is 1. The molecule has 2 atom stereocenters. The number of fused-ring (bicyclic) bond motifs is 1. The summed E-state index contributed by atoms with van der Waals surface area (Å²) in [5, 5.41) is 9.50. The highest BCUT2D eigenvalue weighted by molar-refractivity contribution is 9.10. The van der Waals surface area contributed by atoms with Gasteiger partial charge in [-0.2, -0.15) is 18.3 Å². The molecule has 0 fully saturated rings. The van der Waals surface area contributed by atoms with Crippen LogP contribution in [0.3, 0.4) is 0 Å². The summed E-state index contributed by atoms with van der Waals surface area (Å²) in [6.45, 7) is 0.952. The van der Waals surface area contributed by atoms with Crippen molar-refractivity contribution in [2.24, 2.45) is 0 Å². The number of aryl methyl sites for hydroxylation is 1. The lowest BCUT2D eigenvalue weighted by atomic mass is 9.97. The molecular formula is C20H19BrClF3N6O. The van der Waals surface area contributed by atoms with Gasteiger partial charge in [0, 0.05) is 36.4 Å². The first-order valence-corrected chi connectivity index (χ1v) is 11.0. The van der Waals surface area contributed by atoms with Gasteiger partial charge >= 0.3 is 6.18 Å². The third-order valence-electron chi connectivity index (χ3n) is 5.22. The molecule has 12 heteroatoms. The first-order valence-electron chi connectivity index (χ1n) is 9.84. The van der Waals surface area contributed by atoms with Crippen LogP contribution >= 0.6 is 27.5 Å². The number of carbonyl (C=O) groups excluding carboxylic acids is 1. The zero-order valence-corrected chi connectivity index (χ0v) is 19.0. The predicted octanol–water partition coefficient (Wildman–Crippen LogP) is 4.98. The van der Waals surface area contributed by atoms with Crippen LogP contribution in [-0.2, 0) is 6.54 Å². The average Bonchev–Trinajstić information content (AvgIpc) is 3.38. The molecule has 1 aliphatic rings. The van der Waals surface area contributed by atoms with Crippen molar-refractivity contribution < 1.29 is 18.0 Å². The SMILES string of the molecule is O=C(NCCCn1ccnc1)c1nn2c(c1Cl)N[C@@H](c1ccc(Br)cc1)C[C@H]2C(F)(F)F. The monoisotopic (exact) mass is 530 g/mol. The Morgan fingerprint density at radius 3 is 2.72 bits per heavy atom. The van der Waals surface area contributed by atoms with Gasteiger partial charge in [0.1, 0.15) is 10.8 Å². The van der Waals surface area contributed by atoms with Gasteiger partial charge in [-0.05, 0) is 24.1 Å². The predicted molar refractivity (Wildman–Crippen MR) is 117 cm³/mol. The van der Waals surface area contributed by atoms with Crippen molar-refractivity contribution in [1.29, 1.82) is 0 Å². The highest BCUT2D eigenvalue weighted by Crippen LogP contribution is 2.46. The third kappa shape index (κ3) is 4.78. The van der Waals surface area contributed by atoms with Gasteiger partial charge in [0.15, 0.2) is 11.7 Å². The molecule has 0 aliphatic carbocycles. The number of benzene rings is 1. The largest absolute Gasteiger partial charge is 0.410 e. The zero-order valence-electron chi connectivity index (χ0n) is 16.6. The molecule has 0 saturated heterocycles. The van der Waals surface area contributed by atoms with Crippen LogP contribution in [0.5, 0.6) is 0 Å². The lowest BCUT2D eigenvalue weighted by Gasteiger charge is -2.33. The number of rotatable bonds is 6. The van der Waals surface area contributed by atoms with Crippen LogP contribution in [0.25, 0.3) is 0 Å². The highest BCUT2D eigenvalue weighted by atomic mass is 79.9. The van der Waals surface area contributed by atoms with E-state index in [-0.39, 0.29) is 23.0 Å². The van der Waals surface area contributed by atoms with Gasteiger partial charge in [0.2, 0.25) is 0 Å². The van der Waals surface area contributed by atoms with Crippen LogP contribution in [0.1, 0.15) is 41.0 Å². The molecule has 4 rings (SSSR count). The molecule has 0 unspecified atom stereocenters. The first-order chi connectivity index (χ1) is 15.2. The van der Waals surface area contributed by atoms with Crippen LogP contribution < -0.4 is 10.6 Å². The van der Waals surface area contributed by atoms with Crippen LogP contribution in [0.4, 0.5) is 19.0 Å². The summed E-state index contributed by atoms with van der Waals surface area (Å²) in [5.74, 6) is -0.637. The van der Waals surface area contributed by atoms with Crippen molar-refractivity contribution in [1.82, 2.24) is 24.6 Å². The molecule has 3 heterocycles. The van der Waals surface area contributed by atoms with Crippen molar-refractivity contribution in [2.45, 2.75) is 37.6 Å². The minimum Gasteiger partial charge on any atom is -0.362 e. The summed E-state index contributed by atoms with van der Waals surface area (Å²) in [7, 11) is 0. The molecule has 0 saturated carbocycles. The van der Waals surface area contributed by atoms with Crippen molar-refractivity contribution in [3.63, 3.8) is 0 Å². The lowest BCUT2D eigenvalue weighted by Crippen LogP contribution is -2.36. The number of aromatic nitrogens is 4. The minimum atomic E-state index is -4.56. The fourth-order valence-electron chi connectivity index (χ4n) is 3.61. The Morgan fingerprint density at radius 2 is 2.06 bits per heavy atom. The smallest absolute Gasteiger partial charge is 0.362 e. The Hall–Kier alpha value is -2.53. The maximum absolute atomic E-state index is 13.9. The maximum Gasteiger partial charge on any atom is 0.410 e. The van der Waals surface area contributed by atoms with E-state index in [2.05, 4.69) is 36.6 Å². The van der Waals surface area contributed by atoms with Gasteiger partial charge in [0.25, 0.3) is 5.91 Å². The Kier molecular flexibility index (Phi) is 6.47. The van der Waals surface area contributed by atoms with Crippen molar-refractivity contribution in [3.8, 4) is 0 Å². The number of nitrogens with zero attached hydrogens (tertiary/aromatic N) is 4. The van der Waals surface area contributed by atoms with E-state index in [9.17, 15) is 18.0 Å². The second kappa shape index (κ2) is 9.14. The van der Waals surface area contributed by atoms with Crippen LogP contribution in [0.15, 0.2) is 47.5 Å². The third-order valence-corrected chi connectivity index (χ3v) is 6.11. The molecule has 0 bridgehead atoms. The molecule has 0 spiro atoms. The van der Waals surface area contributed by atoms with E-state index in [0.29, 0.717) is 25.1 Å². The van der Waals surface area contributed by atoms with Crippen molar-refractivity contribution in [2.75, 3.05) is 11.9 Å². The summed E-state index contributed by atoms with van der Waals surface area (Å²) in [6.07, 6.45) is 0.891. The highest BCUT2D eigenvalue weighted by Gasteiger charge is 2.47. The van der Waals surface area contributed by atoms with Crippen LogP contribution in [0.2, 0.25) is 5.02 Å². The molecule has 3 aromatic rings. The molecule has 2 aromatic heterocycles. The number of nitrogens with one attached hydrogen (secondary N) is 2. The number of alkyl halides is 3. The average molecular weight is 532 g/mol. The Balaban J connectivity index is 1.53. The van der Waals surface area contributed by atoms with Crippen molar-refractivity contribution >= 4 is 39.3 Å². The van der Waals surface area contributed by atoms with Gasteiger partial charge in [-0.15, -0.1) is 0 Å². The topological polar surface area (TPSA) is 76.8 Å². The van der Waals surface area contributed by atoms with Gasteiger partial charge < -0.3 is 15.2 Å². The molecule has 7 nitrogen and oxygen atoms in total. The molecule has 1 aromatic carbocycles. The van der Waals surface area contributed by atoms with E-state index < -0.39 is 24.2 Å². The Morgan fingerprint density at radius 1 is 1.31 bits per heavy atom. The number of amides is 1.